The molecule has 0 saturated carbocycles. The molecular weight excluding hydrogens is 256 g/mol. The Labute approximate surface area is 122 Å². The number of hydrogen-bond acceptors (Lipinski definition) is 3. The van der Waals surface area contributed by atoms with Crippen LogP contribution in [0.4, 0.5) is 4.79 Å². The molecule has 1 atom stereocenters. The lowest BCUT2D eigenvalue weighted by Gasteiger charge is -2.37. The first-order valence-electron chi connectivity index (χ1n) is 7.30. The summed E-state index contributed by atoms with van der Waals surface area (Å²) in [4.78, 5) is 25.6. The number of rotatable bonds is 3. The summed E-state index contributed by atoms with van der Waals surface area (Å²) >= 11 is 0. The van der Waals surface area contributed by atoms with Gasteiger partial charge in [0, 0.05) is 25.0 Å². The maximum absolute atomic E-state index is 12.4. The summed E-state index contributed by atoms with van der Waals surface area (Å²) in [5.41, 5.74) is -0.712. The van der Waals surface area contributed by atoms with Crippen LogP contribution in [-0.4, -0.2) is 41.1 Å². The number of hydrogen-bond donors (Lipinski definition) is 1. The maximum Gasteiger partial charge on any atom is 0.410 e. The number of ether oxygens (including phenoxy) is 1. The molecule has 1 heterocycles. The second-order valence-corrected chi connectivity index (χ2v) is 7.07. The van der Waals surface area contributed by atoms with E-state index in [1.54, 1.807) is 7.05 Å². The third kappa shape index (κ3) is 4.39. The first-order chi connectivity index (χ1) is 9.07. The van der Waals surface area contributed by atoms with Gasteiger partial charge < -0.3 is 15.0 Å². The topological polar surface area (TPSA) is 58.6 Å². The molecule has 1 rings (SSSR count). The number of carbonyl (C=O) groups excluding carboxylic acids is 2. The van der Waals surface area contributed by atoms with Crippen LogP contribution in [0, 0.1) is 0 Å². The van der Waals surface area contributed by atoms with Crippen LogP contribution < -0.4 is 5.32 Å². The molecule has 0 aliphatic carbocycles. The van der Waals surface area contributed by atoms with E-state index in [0.717, 1.165) is 12.8 Å². The lowest BCUT2D eigenvalue weighted by molar-refractivity contribution is -0.121. The molecular formula is C15H28N2O3. The van der Waals surface area contributed by atoms with E-state index in [2.05, 4.69) is 19.2 Å². The highest BCUT2D eigenvalue weighted by atomic mass is 16.6. The van der Waals surface area contributed by atoms with Gasteiger partial charge in [-0.1, -0.05) is 0 Å². The molecule has 1 unspecified atom stereocenters. The predicted octanol–water partition coefficient (Wildman–Crippen LogP) is 2.69. The molecule has 1 saturated heterocycles. The van der Waals surface area contributed by atoms with Crippen LogP contribution in [0.1, 0.15) is 60.3 Å². The highest BCUT2D eigenvalue weighted by Gasteiger charge is 2.44. The van der Waals surface area contributed by atoms with Crippen molar-refractivity contribution in [1.82, 2.24) is 10.2 Å². The van der Waals surface area contributed by atoms with Gasteiger partial charge in [-0.15, -0.1) is 0 Å². The number of nitrogens with one attached hydrogen (secondary N) is 1. The lowest BCUT2D eigenvalue weighted by Crippen LogP contribution is -2.49. The number of amides is 2. The van der Waals surface area contributed by atoms with Gasteiger partial charge in [0.2, 0.25) is 5.91 Å². The molecule has 0 bridgehead atoms. The Bertz CT molecular complexity index is 372. The molecule has 0 radical (unpaired) electrons. The van der Waals surface area contributed by atoms with Crippen molar-refractivity contribution in [2.75, 3.05) is 7.05 Å². The van der Waals surface area contributed by atoms with Gasteiger partial charge in [0.05, 0.1) is 0 Å². The van der Waals surface area contributed by atoms with Gasteiger partial charge in [0.15, 0.2) is 0 Å². The normalized spacial score (nSPS) is 21.7. The molecule has 0 aromatic carbocycles. The van der Waals surface area contributed by atoms with Crippen molar-refractivity contribution >= 4 is 12.0 Å². The average Bonchev–Trinajstić information content (AvgIpc) is 2.59. The summed E-state index contributed by atoms with van der Waals surface area (Å²) in [7, 11) is 1.63. The van der Waals surface area contributed by atoms with Crippen LogP contribution in [-0.2, 0) is 9.53 Å². The molecule has 1 fully saturated rings. The van der Waals surface area contributed by atoms with Gasteiger partial charge in [0.25, 0.3) is 0 Å². The van der Waals surface area contributed by atoms with E-state index in [0.29, 0.717) is 12.8 Å². The summed E-state index contributed by atoms with van der Waals surface area (Å²) in [6.45, 7) is 9.71. The van der Waals surface area contributed by atoms with Crippen LogP contribution in [0.3, 0.4) is 0 Å². The first kappa shape index (κ1) is 16.8. The summed E-state index contributed by atoms with van der Waals surface area (Å²) in [5, 5.41) is 2.62. The average molecular weight is 284 g/mol. The molecule has 1 N–H and O–H groups in total. The quantitative estimate of drug-likeness (QED) is 0.867. The van der Waals surface area contributed by atoms with Crippen LogP contribution in [0.2, 0.25) is 0 Å². The molecule has 5 heteroatoms. The van der Waals surface area contributed by atoms with Crippen molar-refractivity contribution in [3.05, 3.63) is 0 Å². The van der Waals surface area contributed by atoms with Crippen LogP contribution in [0.25, 0.3) is 0 Å². The largest absolute Gasteiger partial charge is 0.444 e. The Balaban J connectivity index is 2.75. The lowest BCUT2D eigenvalue weighted by atomic mass is 10.0. The molecule has 2 amide bonds. The van der Waals surface area contributed by atoms with Gasteiger partial charge >= 0.3 is 6.09 Å². The van der Waals surface area contributed by atoms with Crippen LogP contribution in [0.5, 0.6) is 0 Å². The first-order valence-corrected chi connectivity index (χ1v) is 7.30. The molecule has 0 spiro atoms. The summed E-state index contributed by atoms with van der Waals surface area (Å²) < 4.78 is 5.51. The fraction of sp³-hybridized carbons (Fsp3) is 0.867. The zero-order chi connectivity index (χ0) is 15.6. The van der Waals surface area contributed by atoms with Crippen molar-refractivity contribution in [1.29, 1.82) is 0 Å². The molecule has 5 nitrogen and oxygen atoms in total. The fourth-order valence-electron chi connectivity index (χ4n) is 2.67. The van der Waals surface area contributed by atoms with Gasteiger partial charge in [-0.05, 0) is 53.9 Å². The zero-order valence-corrected chi connectivity index (χ0v) is 13.6. The third-order valence-corrected chi connectivity index (χ3v) is 3.68. The monoisotopic (exact) mass is 284 g/mol. The van der Waals surface area contributed by atoms with Crippen molar-refractivity contribution in [2.45, 2.75) is 77.5 Å². The van der Waals surface area contributed by atoms with Crippen molar-refractivity contribution < 1.29 is 14.3 Å². The van der Waals surface area contributed by atoms with Crippen molar-refractivity contribution in [3.63, 3.8) is 0 Å². The van der Waals surface area contributed by atoms with Crippen LogP contribution >= 0.6 is 0 Å². The second kappa shape index (κ2) is 6.02. The Kier molecular flexibility index (Phi) is 5.05. The molecule has 1 aliphatic rings. The highest BCUT2D eigenvalue weighted by Crippen LogP contribution is 2.36. The van der Waals surface area contributed by atoms with Crippen molar-refractivity contribution in [3.8, 4) is 0 Å². The zero-order valence-electron chi connectivity index (χ0n) is 13.6. The fourth-order valence-corrected chi connectivity index (χ4v) is 2.67. The van der Waals surface area contributed by atoms with Crippen LogP contribution in [0.15, 0.2) is 0 Å². The Morgan fingerprint density at radius 3 is 2.45 bits per heavy atom. The minimum absolute atomic E-state index is 0.0128. The van der Waals surface area contributed by atoms with Gasteiger partial charge in [-0.3, -0.25) is 4.79 Å². The van der Waals surface area contributed by atoms with E-state index in [9.17, 15) is 9.59 Å². The maximum atomic E-state index is 12.4. The van der Waals surface area contributed by atoms with E-state index < -0.39 is 5.60 Å². The second-order valence-electron chi connectivity index (χ2n) is 7.07. The molecule has 0 aromatic rings. The van der Waals surface area contributed by atoms with Crippen molar-refractivity contribution in [2.24, 2.45) is 0 Å². The summed E-state index contributed by atoms with van der Waals surface area (Å²) in [6.07, 6.45) is 2.70. The molecule has 116 valence electrons. The molecule has 20 heavy (non-hydrogen) atoms. The summed E-state index contributed by atoms with van der Waals surface area (Å²) in [6, 6.07) is 0.0807. The van der Waals surface area contributed by atoms with Gasteiger partial charge in [-0.25, -0.2) is 4.79 Å². The predicted molar refractivity (Wildman–Crippen MR) is 78.5 cm³/mol. The minimum Gasteiger partial charge on any atom is -0.444 e. The Morgan fingerprint density at radius 1 is 1.35 bits per heavy atom. The minimum atomic E-state index is -0.499. The molecule has 0 aromatic heterocycles. The third-order valence-electron chi connectivity index (χ3n) is 3.68. The number of nitrogens with zero attached hydrogens (tertiary/aromatic N) is 1. The van der Waals surface area contributed by atoms with E-state index in [1.165, 1.54) is 0 Å². The molecule has 1 aliphatic heterocycles. The highest BCUT2D eigenvalue weighted by molar-refractivity contribution is 5.75. The summed E-state index contributed by atoms with van der Waals surface area (Å²) in [5.74, 6) is 0.0128. The van der Waals surface area contributed by atoms with Gasteiger partial charge in [0.1, 0.15) is 5.60 Å². The van der Waals surface area contributed by atoms with E-state index in [-0.39, 0.29) is 23.6 Å². The van der Waals surface area contributed by atoms with E-state index in [4.69, 9.17) is 4.74 Å². The van der Waals surface area contributed by atoms with E-state index in [1.807, 2.05) is 25.7 Å². The van der Waals surface area contributed by atoms with E-state index >= 15 is 0 Å². The Morgan fingerprint density at radius 2 is 1.95 bits per heavy atom. The number of likely N-dealkylation sites (tertiary alicyclic amines) is 1. The van der Waals surface area contributed by atoms with Gasteiger partial charge in [-0.2, -0.15) is 0 Å². The number of carbonyl (C=O) groups is 2. The smallest absolute Gasteiger partial charge is 0.410 e. The Hall–Kier alpha value is -1.26. The SMILES string of the molecule is CNC(=O)CCC1CCC(C)(C)N1C(=O)OC(C)(C)C. The standard InChI is InChI=1S/C15H28N2O3/c1-14(2,3)20-13(19)17-11(7-8-12(18)16-6)9-10-15(17,4)5/h11H,7-10H2,1-6H3,(H,16,18).